The van der Waals surface area contributed by atoms with E-state index in [2.05, 4.69) is 281 Å². The Kier molecular flexibility index (Phi) is 65.3. The summed E-state index contributed by atoms with van der Waals surface area (Å²) in [6.07, 6.45) is 22.9. The molecule has 3 N–H and O–H groups in total. The molecule has 0 aliphatic carbocycles. The number of carbonyl (C=O) groups is 3. The van der Waals surface area contributed by atoms with Gasteiger partial charge >= 0.3 is 6.47 Å². The first kappa shape index (κ1) is 134. The van der Waals surface area contributed by atoms with Gasteiger partial charge in [0.15, 0.2) is 39.3 Å². The molecule has 0 spiro atoms. The van der Waals surface area contributed by atoms with Crippen molar-refractivity contribution in [2.75, 3.05) is 37.7 Å². The summed E-state index contributed by atoms with van der Waals surface area (Å²) in [5, 5.41) is 26.9. The number of para-hydroxylation sites is 6. The Morgan fingerprint density at radius 2 is 0.547 bits per heavy atom. The molecular weight excluding hydrogens is 2390 g/mol. The van der Waals surface area contributed by atoms with Gasteiger partial charge in [-0.15, -0.1) is 22.7 Å². The first-order valence-corrected chi connectivity index (χ1v) is 60.9. The van der Waals surface area contributed by atoms with Crippen molar-refractivity contribution in [1.82, 2.24) is 0 Å². The van der Waals surface area contributed by atoms with Gasteiger partial charge in [-0.2, -0.15) is 0 Å². The number of hydrogen-bond donors (Lipinski definition) is 3. The number of halogens is 1. The van der Waals surface area contributed by atoms with Gasteiger partial charge in [0.05, 0.1) is 42.6 Å². The molecule has 0 aliphatic rings. The molecule has 0 aliphatic heterocycles. The normalized spacial score (nSPS) is 11.1. The van der Waals surface area contributed by atoms with Crippen LogP contribution in [0.15, 0.2) is 344 Å². The van der Waals surface area contributed by atoms with Gasteiger partial charge in [0, 0.05) is 238 Å². The van der Waals surface area contributed by atoms with Crippen molar-refractivity contribution < 1.29 is 88.8 Å². The second-order valence-corrected chi connectivity index (χ2v) is 52.0. The van der Waals surface area contributed by atoms with Gasteiger partial charge in [-0.1, -0.05) is 410 Å². The molecule has 0 atom stereocenters. The van der Waals surface area contributed by atoms with Crippen LogP contribution in [0.3, 0.4) is 0 Å². The van der Waals surface area contributed by atoms with Gasteiger partial charge in [-0.05, 0) is 185 Å². The largest absolute Gasteiger partial charge is 0.481 e. The molecule has 2 heterocycles. The number of anilines is 9. The van der Waals surface area contributed by atoms with E-state index in [4.69, 9.17) is 29.9 Å². The zero-order chi connectivity index (χ0) is 106. The fraction of sp³-hybridized carbons (Fsp3) is 0.353. The molecule has 2 radical (unpaired) electrons. The van der Waals surface area contributed by atoms with Crippen LogP contribution in [0.1, 0.15) is 237 Å². The van der Waals surface area contributed by atoms with Crippen LogP contribution in [0.5, 0.6) is 0 Å². The summed E-state index contributed by atoms with van der Waals surface area (Å²) in [7, 11) is -15.5. The topological polar surface area (TPSA) is 267 Å². The van der Waals surface area contributed by atoms with Gasteiger partial charge in [-0.3, -0.25) is 14.4 Å². The standard InChI is InChI=1S/C56H62N2O4S3.C20H36O4S3.C20H27P.C18H14BrN.2C2H4O2.CH2O3.2Cs.Pd/c1-3-5-7-9-11-25-43-64(59,60)55-53(45-35-39-51(40-36-45)57(47-27-17-13-18-28-47)48-29-19-14-20-30-48)63-54(56(55)65(61,62)44-26-12-10-8-6-4-2)46-37-41-52(42-38-46)58(49-31-21-15-22-32-49)50-33-23-16-24-34-50;1-3-5-7-9-11-13-15-26(21,22)19-17-25-18-20(19)27(23,24)16-14-12-10-8-6-4-2;1-19(2,3)21(20(4,5)6)18-15-11-10-14-17(18)16-12-8-7-9-13-16;19-15-11-13-18(14-12-15)20(16-7-3-1-4-8-16)17-9-5-2-6-10-17;2*1-2(3)4;2-1-4-3;;;/h13-24,27-42H,3-12,25-26,43-44H2,1-2H3;17-18H,3-16H2,1-2H3;7-15H,1-6H3;1-14H;2*1H3,(H,3,4);1,3H;;;. The predicted molar refractivity (Wildman–Crippen MR) is 625 cm³/mol. The Balaban J connectivity index is 0.000000449. The van der Waals surface area contributed by atoms with E-state index in [1.807, 2.05) is 133 Å². The number of thiophene rings is 2. The molecule has 0 bridgehead atoms. The second kappa shape index (κ2) is 72.0. The number of sulfone groups is 4. The Hall–Kier alpha value is -5.93. The van der Waals surface area contributed by atoms with E-state index < -0.39 is 51.3 Å². The zero-order valence-electron chi connectivity index (χ0n) is 88.6. The van der Waals surface area contributed by atoms with E-state index in [-0.39, 0.29) is 215 Å². The van der Waals surface area contributed by atoms with Crippen LogP contribution in [0.2, 0.25) is 0 Å². The number of hydrogen-bond acceptors (Lipinski definition) is 18. The number of carboxylic acid groups (broad SMARTS) is 2. The molecular formula is C119H149BrCs2N3O15PPdS6. The van der Waals surface area contributed by atoms with Gasteiger partial charge < -0.3 is 29.8 Å². The molecule has 790 valence electrons. The van der Waals surface area contributed by atoms with Crippen LogP contribution in [-0.2, 0) is 79.0 Å². The third kappa shape index (κ3) is 46.2. The summed E-state index contributed by atoms with van der Waals surface area (Å²) in [5.41, 5.74) is 13.2. The molecule has 0 amide bonds. The average molecular weight is 2540 g/mol. The number of carboxylic acids is 2. The SMILES string of the molecule is Brc1ccc(N(c2ccccc2)c2ccccc2)cc1.CC(=O)O.CC(=O)O.CC(C)(C)P(c1ccccc1-c1ccccc1)C(C)(C)C.CCCCCCCCS(=O)(=O)c1c(-c2ccc(N(c3ccccc3)c3ccccc3)cc2)sc(-c2ccc(N(c3ccccc3)c3ccccc3)cc2)c1S(=O)(=O)CCCCCCCC.CCCCCCCCS(=O)(=O)c1cscc1S(=O)(=O)CCCCCCCC.O=COO.[Cs].[Cs].[Pd]. The van der Waals surface area contributed by atoms with Crippen molar-refractivity contribution in [1.29, 1.82) is 0 Å². The van der Waals surface area contributed by atoms with Gasteiger partial charge in [0.1, 0.15) is 9.79 Å². The van der Waals surface area contributed by atoms with E-state index in [1.54, 1.807) is 0 Å². The number of nitrogens with zero attached hydrogens (tertiary/aromatic N) is 3. The average Bonchev–Trinajstić information content (AvgIpc) is 1.57. The van der Waals surface area contributed by atoms with E-state index in [1.165, 1.54) is 51.4 Å². The quantitative estimate of drug-likeness (QED) is 0.00799. The van der Waals surface area contributed by atoms with Crippen molar-refractivity contribution in [2.45, 2.75) is 267 Å². The van der Waals surface area contributed by atoms with Gasteiger partial charge in [-0.25, -0.2) is 38.9 Å². The molecule has 13 aromatic rings. The zero-order valence-corrected chi connectivity index (χ0v) is 110. The first-order chi connectivity index (χ1) is 69.5. The van der Waals surface area contributed by atoms with Gasteiger partial charge in [0.25, 0.3) is 11.9 Å². The molecule has 2 aromatic heterocycles. The van der Waals surface area contributed by atoms with Crippen LogP contribution in [0, 0.1) is 0 Å². The maximum absolute atomic E-state index is 15.0. The Morgan fingerprint density at radius 1 is 0.331 bits per heavy atom. The van der Waals surface area contributed by atoms with Crippen molar-refractivity contribution in [3.05, 3.63) is 325 Å². The van der Waals surface area contributed by atoms with E-state index in [0.717, 1.165) is 196 Å². The van der Waals surface area contributed by atoms with Gasteiger partial charge in [0.2, 0.25) is 0 Å². The second-order valence-electron chi connectivity index (χ2n) is 37.3. The minimum Gasteiger partial charge on any atom is -0.481 e. The number of carbonyl (C=O) groups excluding carboxylic acids is 1. The first-order valence-electron chi connectivity index (χ1n) is 50.4. The van der Waals surface area contributed by atoms with Crippen LogP contribution in [-0.4, -0.2) is 239 Å². The molecule has 0 unspecified atom stereocenters. The summed E-state index contributed by atoms with van der Waals surface area (Å²) >= 11 is 5.93. The number of aliphatic carboxylic acids is 2. The van der Waals surface area contributed by atoms with Crippen molar-refractivity contribution in [3.8, 4) is 32.0 Å². The molecule has 0 saturated carbocycles. The van der Waals surface area contributed by atoms with Crippen LogP contribution < -0.4 is 20.0 Å². The van der Waals surface area contributed by atoms with E-state index in [0.29, 0.717) is 56.9 Å². The van der Waals surface area contributed by atoms with E-state index in [9.17, 15) is 16.8 Å². The molecule has 18 nitrogen and oxygen atoms in total. The summed E-state index contributed by atoms with van der Waals surface area (Å²) in [4.78, 5) is 37.0. The monoisotopic (exact) mass is 2530 g/mol. The predicted octanol–water partition coefficient (Wildman–Crippen LogP) is 33.3. The molecule has 0 fully saturated rings. The number of benzene rings is 11. The maximum atomic E-state index is 15.0. The van der Waals surface area contributed by atoms with Crippen molar-refractivity contribution in [2.24, 2.45) is 0 Å². The van der Waals surface area contributed by atoms with E-state index >= 15 is 16.8 Å². The number of unbranched alkanes of at least 4 members (excludes halogenated alkanes) is 20. The molecule has 29 heteroatoms. The van der Waals surface area contributed by atoms with Crippen LogP contribution in [0.4, 0.5) is 51.2 Å². The maximum Gasteiger partial charge on any atom is 0.330 e. The van der Waals surface area contributed by atoms with Crippen LogP contribution >= 0.6 is 46.5 Å². The molecule has 11 aromatic carbocycles. The summed E-state index contributed by atoms with van der Waals surface area (Å²) in [6.45, 7) is 25.0. The number of rotatable bonds is 46. The minimum atomic E-state index is -4.07. The third-order valence-electron chi connectivity index (χ3n) is 23.3. The Labute approximate surface area is 1030 Å². The fourth-order valence-corrected chi connectivity index (χ4v) is 32.8. The minimum absolute atomic E-state index is 0. The van der Waals surface area contributed by atoms with Crippen molar-refractivity contribution in [3.63, 3.8) is 0 Å². The Bertz CT molecular complexity index is 6000. The smallest absolute Gasteiger partial charge is 0.330 e. The van der Waals surface area contributed by atoms with Crippen LogP contribution in [0.25, 0.3) is 32.0 Å². The Morgan fingerprint density at radius 3 is 0.797 bits per heavy atom. The summed E-state index contributed by atoms with van der Waals surface area (Å²) in [6, 6.07) is 105. The summed E-state index contributed by atoms with van der Waals surface area (Å²) in [5.74, 6) is -1.82. The molecule has 13 rings (SSSR count). The molecule has 0 saturated heterocycles. The third-order valence-corrected chi connectivity index (χ3v) is 37.6. The fourth-order valence-electron chi connectivity index (χ4n) is 17.0. The summed E-state index contributed by atoms with van der Waals surface area (Å²) < 4.78 is 112. The van der Waals surface area contributed by atoms with Crippen molar-refractivity contribution >= 4 is 299 Å². The molecule has 148 heavy (non-hydrogen) atoms.